The van der Waals surface area contributed by atoms with Gasteiger partial charge in [-0.15, -0.1) is 0 Å². The molecule has 0 aliphatic rings. The molecule has 27 heavy (non-hydrogen) atoms. The van der Waals surface area contributed by atoms with Gasteiger partial charge in [0.1, 0.15) is 12.1 Å². The maximum Gasteiger partial charge on any atom is 0.326 e. The standard InChI is InChI=1S/C19H30N2O5S/c1-13(2)10-16(18(22)20-17(19(23)24)11-14(3)4)21-27(25,26)12-15-8-6-5-7-9-15/h5-9,13-14,16-17,21H,10-12H2,1-4H3,(H,20,22)(H,23,24)/t16-,17-/m0/s1. The average molecular weight is 399 g/mol. The fraction of sp³-hybridized carbons (Fsp3) is 0.579. The van der Waals surface area contributed by atoms with Crippen molar-refractivity contribution in [1.29, 1.82) is 0 Å². The van der Waals surface area contributed by atoms with Gasteiger partial charge in [0, 0.05) is 0 Å². The third-order valence-electron chi connectivity index (χ3n) is 3.87. The molecule has 7 nitrogen and oxygen atoms in total. The van der Waals surface area contributed by atoms with E-state index in [0.717, 1.165) is 0 Å². The highest BCUT2D eigenvalue weighted by atomic mass is 32.2. The van der Waals surface area contributed by atoms with Crippen LogP contribution in [-0.4, -0.2) is 37.5 Å². The van der Waals surface area contributed by atoms with E-state index in [4.69, 9.17) is 0 Å². The van der Waals surface area contributed by atoms with E-state index >= 15 is 0 Å². The Kier molecular flexibility index (Phi) is 8.92. The van der Waals surface area contributed by atoms with E-state index in [1.165, 1.54) is 0 Å². The van der Waals surface area contributed by atoms with E-state index in [0.29, 0.717) is 5.56 Å². The number of sulfonamides is 1. The highest BCUT2D eigenvalue weighted by Crippen LogP contribution is 2.11. The van der Waals surface area contributed by atoms with Crippen molar-refractivity contribution in [3.05, 3.63) is 35.9 Å². The van der Waals surface area contributed by atoms with Crippen molar-refractivity contribution in [2.45, 2.75) is 58.4 Å². The number of nitrogens with one attached hydrogen (secondary N) is 2. The lowest BCUT2D eigenvalue weighted by Crippen LogP contribution is -2.52. The Hall–Kier alpha value is -1.93. The minimum Gasteiger partial charge on any atom is -0.480 e. The quantitative estimate of drug-likeness (QED) is 0.529. The molecule has 0 radical (unpaired) electrons. The summed E-state index contributed by atoms with van der Waals surface area (Å²) in [6, 6.07) is 6.59. The van der Waals surface area contributed by atoms with Crippen LogP contribution in [0.15, 0.2) is 30.3 Å². The molecule has 0 aromatic heterocycles. The summed E-state index contributed by atoms with van der Waals surface area (Å²) in [4.78, 5) is 24.0. The van der Waals surface area contributed by atoms with Gasteiger partial charge in [-0.25, -0.2) is 17.9 Å². The molecule has 0 heterocycles. The highest BCUT2D eigenvalue weighted by Gasteiger charge is 2.29. The molecule has 2 atom stereocenters. The van der Waals surface area contributed by atoms with Crippen LogP contribution in [0.3, 0.4) is 0 Å². The van der Waals surface area contributed by atoms with Crippen LogP contribution < -0.4 is 10.0 Å². The van der Waals surface area contributed by atoms with Gasteiger partial charge in [0.25, 0.3) is 0 Å². The molecule has 1 aromatic carbocycles. The molecule has 0 aliphatic heterocycles. The number of rotatable bonds is 11. The van der Waals surface area contributed by atoms with Crippen LogP contribution in [0.1, 0.15) is 46.1 Å². The number of aliphatic carboxylic acids is 1. The zero-order valence-corrected chi connectivity index (χ0v) is 17.1. The van der Waals surface area contributed by atoms with Gasteiger partial charge in [0.2, 0.25) is 15.9 Å². The van der Waals surface area contributed by atoms with Crippen LogP contribution >= 0.6 is 0 Å². The average Bonchev–Trinajstić information content (AvgIpc) is 2.52. The van der Waals surface area contributed by atoms with Crippen molar-refractivity contribution < 1.29 is 23.1 Å². The summed E-state index contributed by atoms with van der Waals surface area (Å²) in [5.41, 5.74) is 0.608. The van der Waals surface area contributed by atoms with Gasteiger partial charge in [-0.1, -0.05) is 58.0 Å². The molecule has 0 bridgehead atoms. The Balaban J connectivity index is 2.90. The molecule has 152 valence electrons. The van der Waals surface area contributed by atoms with Gasteiger partial charge in [-0.05, 0) is 30.2 Å². The minimum absolute atomic E-state index is 0.0496. The third kappa shape index (κ3) is 9.01. The molecule has 0 spiro atoms. The molecule has 0 aliphatic carbocycles. The summed E-state index contributed by atoms with van der Waals surface area (Å²) < 4.78 is 27.4. The zero-order chi connectivity index (χ0) is 20.6. The van der Waals surface area contributed by atoms with Crippen LogP contribution in [0.2, 0.25) is 0 Å². The van der Waals surface area contributed by atoms with Gasteiger partial charge in [0.15, 0.2) is 0 Å². The lowest BCUT2D eigenvalue weighted by molar-refractivity contribution is -0.142. The molecule has 0 unspecified atom stereocenters. The van der Waals surface area contributed by atoms with Crippen LogP contribution in [0, 0.1) is 11.8 Å². The summed E-state index contributed by atoms with van der Waals surface area (Å²) >= 11 is 0. The van der Waals surface area contributed by atoms with E-state index in [9.17, 15) is 23.1 Å². The summed E-state index contributed by atoms with van der Waals surface area (Å²) in [5.74, 6) is -1.87. The Labute approximate surface area is 161 Å². The van der Waals surface area contributed by atoms with Crippen LogP contribution in [0.5, 0.6) is 0 Å². The second-order valence-corrected chi connectivity index (χ2v) is 9.33. The minimum atomic E-state index is -3.76. The largest absolute Gasteiger partial charge is 0.480 e. The lowest BCUT2D eigenvalue weighted by Gasteiger charge is -2.23. The maximum atomic E-state index is 12.6. The number of hydrogen-bond acceptors (Lipinski definition) is 4. The Morgan fingerprint density at radius 1 is 0.963 bits per heavy atom. The first-order chi connectivity index (χ1) is 12.5. The molecule has 1 amide bonds. The Morgan fingerprint density at radius 2 is 1.48 bits per heavy atom. The van der Waals surface area contributed by atoms with E-state index in [-0.39, 0.29) is 30.4 Å². The zero-order valence-electron chi connectivity index (χ0n) is 16.3. The summed E-state index contributed by atoms with van der Waals surface area (Å²) in [6.45, 7) is 7.45. The van der Waals surface area contributed by atoms with Gasteiger partial charge in [-0.2, -0.15) is 0 Å². The summed E-state index contributed by atoms with van der Waals surface area (Å²) in [6.07, 6.45) is 0.542. The number of carbonyl (C=O) groups excluding carboxylic acids is 1. The molecule has 1 aromatic rings. The molecule has 1 rings (SSSR count). The van der Waals surface area contributed by atoms with Gasteiger partial charge >= 0.3 is 5.97 Å². The smallest absolute Gasteiger partial charge is 0.326 e. The van der Waals surface area contributed by atoms with Gasteiger partial charge in [-0.3, -0.25) is 4.79 Å². The van der Waals surface area contributed by atoms with E-state index in [2.05, 4.69) is 10.0 Å². The molecular formula is C19H30N2O5S. The Morgan fingerprint density at radius 3 is 1.96 bits per heavy atom. The third-order valence-corrected chi connectivity index (χ3v) is 5.22. The molecule has 8 heteroatoms. The van der Waals surface area contributed by atoms with Crippen LogP contribution in [-0.2, 0) is 25.4 Å². The second kappa shape index (κ2) is 10.4. The SMILES string of the molecule is CC(C)C[C@H](NC(=O)[C@H](CC(C)C)NS(=O)(=O)Cc1ccccc1)C(=O)O. The van der Waals surface area contributed by atoms with Crippen molar-refractivity contribution in [2.75, 3.05) is 0 Å². The summed E-state index contributed by atoms with van der Waals surface area (Å²) in [5, 5.41) is 11.8. The number of carbonyl (C=O) groups is 2. The van der Waals surface area contributed by atoms with Crippen molar-refractivity contribution in [3.8, 4) is 0 Å². The predicted octanol–water partition coefficient (Wildman–Crippen LogP) is 2.14. The Bertz CT molecular complexity index is 717. The lowest BCUT2D eigenvalue weighted by atomic mass is 10.0. The fourth-order valence-corrected chi connectivity index (χ4v) is 4.05. The van der Waals surface area contributed by atoms with Gasteiger partial charge in [0.05, 0.1) is 5.75 Å². The molecule has 3 N–H and O–H groups in total. The monoisotopic (exact) mass is 398 g/mol. The normalized spacial score (nSPS) is 14.1. The first-order valence-electron chi connectivity index (χ1n) is 9.07. The summed E-state index contributed by atoms with van der Waals surface area (Å²) in [7, 11) is -3.76. The first kappa shape index (κ1) is 23.1. The van der Waals surface area contributed by atoms with E-state index < -0.39 is 34.0 Å². The highest BCUT2D eigenvalue weighted by molar-refractivity contribution is 7.88. The number of amides is 1. The van der Waals surface area contributed by atoms with E-state index in [1.54, 1.807) is 30.3 Å². The first-order valence-corrected chi connectivity index (χ1v) is 10.7. The topological polar surface area (TPSA) is 113 Å². The van der Waals surface area contributed by atoms with Crippen LogP contribution in [0.4, 0.5) is 0 Å². The van der Waals surface area contributed by atoms with E-state index in [1.807, 2.05) is 27.7 Å². The van der Waals surface area contributed by atoms with Crippen molar-refractivity contribution in [1.82, 2.24) is 10.0 Å². The number of benzene rings is 1. The molecule has 0 saturated heterocycles. The molecule has 0 saturated carbocycles. The maximum absolute atomic E-state index is 12.6. The number of carboxylic acids is 1. The predicted molar refractivity (Wildman–Crippen MR) is 104 cm³/mol. The van der Waals surface area contributed by atoms with Gasteiger partial charge < -0.3 is 10.4 Å². The number of hydrogen-bond donors (Lipinski definition) is 3. The van der Waals surface area contributed by atoms with Crippen molar-refractivity contribution in [3.63, 3.8) is 0 Å². The second-order valence-electron chi connectivity index (χ2n) is 7.57. The number of carboxylic acid groups (broad SMARTS) is 1. The van der Waals surface area contributed by atoms with Crippen molar-refractivity contribution in [2.24, 2.45) is 11.8 Å². The van der Waals surface area contributed by atoms with Crippen molar-refractivity contribution >= 4 is 21.9 Å². The molecular weight excluding hydrogens is 368 g/mol. The fourth-order valence-electron chi connectivity index (χ4n) is 2.70. The van der Waals surface area contributed by atoms with Crippen LogP contribution in [0.25, 0.3) is 0 Å². The molecule has 0 fully saturated rings.